The fraction of sp³-hybridized carbons (Fsp3) is 0.154. The summed E-state index contributed by atoms with van der Waals surface area (Å²) in [6.07, 6.45) is 0. The van der Waals surface area contributed by atoms with E-state index in [-0.39, 0.29) is 18.0 Å². The molecule has 2 rings (SSSR count). The summed E-state index contributed by atoms with van der Waals surface area (Å²) in [5.74, 6) is -1.69. The number of hydrogen-bond acceptors (Lipinski definition) is 4. The highest BCUT2D eigenvalue weighted by Gasteiger charge is 2.09. The SMILES string of the molecule is COc1ccc(=O)n(Cc2cc(F)cc(C(=O)O)c2)n1. The van der Waals surface area contributed by atoms with E-state index in [1.165, 1.54) is 25.3 Å². The zero-order chi connectivity index (χ0) is 14.7. The van der Waals surface area contributed by atoms with Crippen LogP contribution in [0.4, 0.5) is 4.39 Å². The molecule has 0 atom stereocenters. The minimum Gasteiger partial charge on any atom is -0.480 e. The third-order valence-corrected chi connectivity index (χ3v) is 2.59. The van der Waals surface area contributed by atoms with Crippen molar-refractivity contribution in [1.29, 1.82) is 0 Å². The maximum atomic E-state index is 13.3. The number of rotatable bonds is 4. The molecule has 2 aromatic rings. The van der Waals surface area contributed by atoms with E-state index in [0.717, 1.165) is 16.8 Å². The number of aromatic carboxylic acids is 1. The van der Waals surface area contributed by atoms with E-state index < -0.39 is 17.3 Å². The number of benzene rings is 1. The second kappa shape index (κ2) is 5.52. The molecule has 1 heterocycles. The predicted molar refractivity (Wildman–Crippen MR) is 67.5 cm³/mol. The molecule has 0 amide bonds. The Labute approximate surface area is 113 Å². The van der Waals surface area contributed by atoms with Crippen LogP contribution in [-0.4, -0.2) is 28.0 Å². The maximum absolute atomic E-state index is 13.3. The average Bonchev–Trinajstić information content (AvgIpc) is 2.40. The van der Waals surface area contributed by atoms with E-state index in [2.05, 4.69) is 5.10 Å². The molecule has 0 aliphatic carbocycles. The number of carbonyl (C=O) groups is 1. The van der Waals surface area contributed by atoms with Crippen LogP contribution in [-0.2, 0) is 6.54 Å². The molecule has 6 nitrogen and oxygen atoms in total. The highest BCUT2D eigenvalue weighted by Crippen LogP contribution is 2.11. The lowest BCUT2D eigenvalue weighted by molar-refractivity contribution is 0.0696. The second-order valence-corrected chi connectivity index (χ2v) is 4.02. The first kappa shape index (κ1) is 13.7. The van der Waals surface area contributed by atoms with Crippen molar-refractivity contribution >= 4 is 5.97 Å². The van der Waals surface area contributed by atoms with Crippen LogP contribution in [0.2, 0.25) is 0 Å². The van der Waals surface area contributed by atoms with Crippen molar-refractivity contribution in [2.75, 3.05) is 7.11 Å². The molecule has 0 saturated heterocycles. The molecular weight excluding hydrogens is 267 g/mol. The fourth-order valence-electron chi connectivity index (χ4n) is 1.69. The van der Waals surface area contributed by atoms with Gasteiger partial charge in [-0.25, -0.2) is 13.9 Å². The molecular formula is C13H11FN2O4. The molecule has 1 N–H and O–H groups in total. The number of methoxy groups -OCH3 is 1. The van der Waals surface area contributed by atoms with Crippen LogP contribution in [0.5, 0.6) is 5.88 Å². The lowest BCUT2D eigenvalue weighted by Crippen LogP contribution is -2.22. The van der Waals surface area contributed by atoms with Crippen LogP contribution in [0, 0.1) is 5.82 Å². The molecule has 7 heteroatoms. The number of aromatic nitrogens is 2. The van der Waals surface area contributed by atoms with Gasteiger partial charge in [0.25, 0.3) is 5.56 Å². The lowest BCUT2D eigenvalue weighted by Gasteiger charge is -2.07. The number of halogens is 1. The lowest BCUT2D eigenvalue weighted by atomic mass is 10.1. The Bertz CT molecular complexity index is 712. The van der Waals surface area contributed by atoms with Crippen molar-refractivity contribution in [3.63, 3.8) is 0 Å². The van der Waals surface area contributed by atoms with Crippen molar-refractivity contribution in [3.05, 3.63) is 57.6 Å². The highest BCUT2D eigenvalue weighted by atomic mass is 19.1. The summed E-state index contributed by atoms with van der Waals surface area (Å²) in [6.45, 7) is -0.0475. The summed E-state index contributed by atoms with van der Waals surface area (Å²) in [5, 5.41) is 12.8. The molecule has 0 radical (unpaired) electrons. The Hall–Kier alpha value is -2.70. The van der Waals surface area contributed by atoms with E-state index >= 15 is 0 Å². The molecule has 0 aliphatic rings. The van der Waals surface area contributed by atoms with E-state index in [9.17, 15) is 14.0 Å². The van der Waals surface area contributed by atoms with Gasteiger partial charge in [0.05, 0.1) is 19.2 Å². The van der Waals surface area contributed by atoms with Crippen LogP contribution >= 0.6 is 0 Å². The third-order valence-electron chi connectivity index (χ3n) is 2.59. The Morgan fingerprint density at radius 2 is 2.15 bits per heavy atom. The van der Waals surface area contributed by atoms with Gasteiger partial charge in [-0.1, -0.05) is 0 Å². The summed E-state index contributed by atoms with van der Waals surface area (Å²) in [6, 6.07) is 6.03. The first-order chi connectivity index (χ1) is 9.49. The normalized spacial score (nSPS) is 10.3. The molecule has 0 spiro atoms. The monoisotopic (exact) mass is 278 g/mol. The molecule has 0 aliphatic heterocycles. The van der Waals surface area contributed by atoms with E-state index in [4.69, 9.17) is 9.84 Å². The van der Waals surface area contributed by atoms with Gasteiger partial charge in [-0.3, -0.25) is 4.79 Å². The van der Waals surface area contributed by atoms with Gasteiger partial charge in [0.15, 0.2) is 0 Å². The Morgan fingerprint density at radius 1 is 1.40 bits per heavy atom. The van der Waals surface area contributed by atoms with Gasteiger partial charge in [0.2, 0.25) is 5.88 Å². The molecule has 0 unspecified atom stereocenters. The molecule has 1 aromatic carbocycles. The highest BCUT2D eigenvalue weighted by molar-refractivity contribution is 5.87. The molecule has 20 heavy (non-hydrogen) atoms. The van der Waals surface area contributed by atoms with Crippen LogP contribution in [0.1, 0.15) is 15.9 Å². The summed E-state index contributed by atoms with van der Waals surface area (Å²) in [7, 11) is 1.40. The number of carboxylic acid groups (broad SMARTS) is 1. The molecule has 0 bridgehead atoms. The number of hydrogen-bond donors (Lipinski definition) is 1. The first-order valence-electron chi connectivity index (χ1n) is 5.64. The van der Waals surface area contributed by atoms with Gasteiger partial charge >= 0.3 is 5.97 Å². The number of carboxylic acids is 1. The van der Waals surface area contributed by atoms with Gasteiger partial charge in [-0.2, -0.15) is 0 Å². The van der Waals surface area contributed by atoms with Crippen LogP contribution < -0.4 is 10.3 Å². The minimum absolute atomic E-state index is 0.0475. The van der Waals surface area contributed by atoms with Crippen molar-refractivity contribution in [2.45, 2.75) is 6.54 Å². The topological polar surface area (TPSA) is 81.4 Å². The predicted octanol–water partition coefficient (Wildman–Crippen LogP) is 1.14. The number of nitrogens with zero attached hydrogens (tertiary/aromatic N) is 2. The van der Waals surface area contributed by atoms with Gasteiger partial charge < -0.3 is 9.84 Å². The van der Waals surface area contributed by atoms with Crippen molar-refractivity contribution in [1.82, 2.24) is 9.78 Å². The summed E-state index contributed by atoms with van der Waals surface area (Å²) >= 11 is 0. The average molecular weight is 278 g/mol. The minimum atomic E-state index is -1.24. The summed E-state index contributed by atoms with van der Waals surface area (Å²) in [4.78, 5) is 22.5. The Morgan fingerprint density at radius 3 is 2.80 bits per heavy atom. The van der Waals surface area contributed by atoms with E-state index in [1.807, 2.05) is 0 Å². The smallest absolute Gasteiger partial charge is 0.335 e. The molecule has 1 aromatic heterocycles. The maximum Gasteiger partial charge on any atom is 0.335 e. The van der Waals surface area contributed by atoms with Crippen LogP contribution in [0.25, 0.3) is 0 Å². The fourth-order valence-corrected chi connectivity index (χ4v) is 1.69. The quantitative estimate of drug-likeness (QED) is 0.906. The molecule has 0 fully saturated rings. The largest absolute Gasteiger partial charge is 0.480 e. The zero-order valence-corrected chi connectivity index (χ0v) is 10.5. The zero-order valence-electron chi connectivity index (χ0n) is 10.5. The van der Waals surface area contributed by atoms with Crippen molar-refractivity contribution in [3.8, 4) is 5.88 Å². The van der Waals surface area contributed by atoms with Gasteiger partial charge in [0, 0.05) is 12.1 Å². The summed E-state index contributed by atoms with van der Waals surface area (Å²) in [5.41, 5.74) is -0.256. The van der Waals surface area contributed by atoms with Gasteiger partial charge in [0.1, 0.15) is 5.82 Å². The van der Waals surface area contributed by atoms with Gasteiger partial charge in [-0.05, 0) is 23.8 Å². The van der Waals surface area contributed by atoms with Crippen molar-refractivity contribution in [2.24, 2.45) is 0 Å². The van der Waals surface area contributed by atoms with Crippen molar-refractivity contribution < 1.29 is 19.0 Å². The molecule has 104 valence electrons. The Kier molecular flexibility index (Phi) is 3.79. The summed E-state index contributed by atoms with van der Waals surface area (Å²) < 4.78 is 19.3. The van der Waals surface area contributed by atoms with Crippen LogP contribution in [0.3, 0.4) is 0 Å². The standard InChI is InChI=1S/C13H11FN2O4/c1-20-11-2-3-12(17)16(15-11)7-8-4-9(13(18)19)6-10(14)5-8/h2-6H,7H2,1H3,(H,18,19). The number of ether oxygens (including phenoxy) is 1. The second-order valence-electron chi connectivity index (χ2n) is 4.02. The van der Waals surface area contributed by atoms with Gasteiger partial charge in [-0.15, -0.1) is 5.10 Å². The first-order valence-corrected chi connectivity index (χ1v) is 5.64. The molecule has 0 saturated carbocycles. The van der Waals surface area contributed by atoms with E-state index in [0.29, 0.717) is 5.56 Å². The van der Waals surface area contributed by atoms with E-state index in [1.54, 1.807) is 0 Å². The Balaban J connectivity index is 2.39. The van der Waals surface area contributed by atoms with Crippen LogP contribution in [0.15, 0.2) is 35.1 Å². The third kappa shape index (κ3) is 3.00.